The van der Waals surface area contributed by atoms with Crippen LogP contribution < -0.4 is 5.32 Å². The molecule has 0 spiro atoms. The van der Waals surface area contributed by atoms with Crippen LogP contribution in [0.3, 0.4) is 0 Å². The molecule has 88 valence electrons. The van der Waals surface area contributed by atoms with Gasteiger partial charge in [0, 0.05) is 6.54 Å². The molecule has 2 aromatic rings. The Morgan fingerprint density at radius 3 is 2.88 bits per heavy atom. The minimum absolute atomic E-state index is 0.751. The zero-order valence-corrected chi connectivity index (χ0v) is 9.61. The van der Waals surface area contributed by atoms with E-state index in [-0.39, 0.29) is 0 Å². The molecule has 0 radical (unpaired) electrons. The summed E-state index contributed by atoms with van der Waals surface area (Å²) in [5.74, 6) is 0.967. The Kier molecular flexibility index (Phi) is 2.94. The number of benzene rings is 1. The molecule has 0 bridgehead atoms. The highest BCUT2D eigenvalue weighted by Gasteiger charge is 2.10. The van der Waals surface area contributed by atoms with Gasteiger partial charge >= 0.3 is 0 Å². The number of hydrogen-bond acceptors (Lipinski definition) is 3. The third kappa shape index (κ3) is 2.40. The Morgan fingerprint density at radius 1 is 1.06 bits per heavy atom. The lowest BCUT2D eigenvalue weighted by atomic mass is 10.1. The van der Waals surface area contributed by atoms with E-state index >= 15 is 0 Å². The highest BCUT2D eigenvalue weighted by atomic mass is 16.5. The summed E-state index contributed by atoms with van der Waals surface area (Å²) in [5, 5.41) is 3.36. The minimum atomic E-state index is 0.751. The van der Waals surface area contributed by atoms with Gasteiger partial charge in [-0.25, -0.2) is 0 Å². The molecule has 0 aliphatic carbocycles. The molecule has 0 unspecified atom stereocenters. The van der Waals surface area contributed by atoms with Crippen LogP contribution in [0.15, 0.2) is 41.0 Å². The van der Waals surface area contributed by atoms with Gasteiger partial charge in [-0.1, -0.05) is 18.2 Å². The second-order valence-electron chi connectivity index (χ2n) is 4.28. The van der Waals surface area contributed by atoms with Crippen molar-refractivity contribution in [3.63, 3.8) is 0 Å². The third-order valence-electron chi connectivity index (χ3n) is 2.99. The lowest BCUT2D eigenvalue weighted by molar-refractivity contribution is 0.134. The highest BCUT2D eigenvalue weighted by molar-refractivity contribution is 5.33. The molecule has 1 aromatic carbocycles. The first-order valence-corrected chi connectivity index (χ1v) is 5.83. The average Bonchev–Trinajstić information content (AvgIpc) is 2.98. The molecule has 0 saturated heterocycles. The van der Waals surface area contributed by atoms with Crippen molar-refractivity contribution < 1.29 is 9.15 Å². The van der Waals surface area contributed by atoms with Gasteiger partial charge in [0.25, 0.3) is 0 Å². The molecule has 0 fully saturated rings. The minimum Gasteiger partial charge on any atom is -0.468 e. The second kappa shape index (κ2) is 4.73. The maximum absolute atomic E-state index is 5.40. The van der Waals surface area contributed by atoms with Crippen LogP contribution in [0.1, 0.15) is 22.5 Å². The second-order valence-corrected chi connectivity index (χ2v) is 4.28. The number of hydrogen-bond donors (Lipinski definition) is 1. The van der Waals surface area contributed by atoms with Gasteiger partial charge in [-0.2, -0.15) is 0 Å². The SMILES string of the molecule is c1coc(CNCc2ccc3c(c2)COC3)c1. The molecule has 1 aliphatic heterocycles. The fourth-order valence-corrected chi connectivity index (χ4v) is 2.08. The van der Waals surface area contributed by atoms with Gasteiger partial charge in [-0.15, -0.1) is 0 Å². The Labute approximate surface area is 100 Å². The van der Waals surface area contributed by atoms with E-state index in [2.05, 4.69) is 23.5 Å². The molecule has 3 nitrogen and oxygen atoms in total. The predicted octanol–water partition coefficient (Wildman–Crippen LogP) is 2.60. The van der Waals surface area contributed by atoms with Crippen molar-refractivity contribution in [2.75, 3.05) is 0 Å². The largest absolute Gasteiger partial charge is 0.468 e. The Bertz CT molecular complexity index is 491. The van der Waals surface area contributed by atoms with Crippen molar-refractivity contribution in [1.29, 1.82) is 0 Å². The number of furan rings is 1. The molecule has 0 amide bonds. The van der Waals surface area contributed by atoms with Crippen molar-refractivity contribution >= 4 is 0 Å². The van der Waals surface area contributed by atoms with Crippen LogP contribution in [0.25, 0.3) is 0 Å². The van der Waals surface area contributed by atoms with Gasteiger partial charge in [-0.05, 0) is 28.8 Å². The molecular weight excluding hydrogens is 214 g/mol. The fraction of sp³-hybridized carbons (Fsp3) is 0.286. The molecule has 0 saturated carbocycles. The fourth-order valence-electron chi connectivity index (χ4n) is 2.08. The summed E-state index contributed by atoms with van der Waals surface area (Å²) in [6, 6.07) is 10.4. The van der Waals surface area contributed by atoms with Gasteiger partial charge in [0.1, 0.15) is 5.76 Å². The Balaban J connectivity index is 1.58. The van der Waals surface area contributed by atoms with E-state index in [0.717, 1.165) is 32.1 Å². The molecule has 2 heterocycles. The van der Waals surface area contributed by atoms with Crippen LogP contribution in [-0.4, -0.2) is 0 Å². The van der Waals surface area contributed by atoms with E-state index in [4.69, 9.17) is 9.15 Å². The van der Waals surface area contributed by atoms with E-state index in [1.54, 1.807) is 6.26 Å². The Hall–Kier alpha value is -1.58. The van der Waals surface area contributed by atoms with Crippen molar-refractivity contribution in [3.05, 3.63) is 59.0 Å². The summed E-state index contributed by atoms with van der Waals surface area (Å²) in [6.07, 6.45) is 1.70. The summed E-state index contributed by atoms with van der Waals surface area (Å²) in [4.78, 5) is 0. The van der Waals surface area contributed by atoms with Crippen molar-refractivity contribution in [2.24, 2.45) is 0 Å². The monoisotopic (exact) mass is 229 g/mol. The van der Waals surface area contributed by atoms with E-state index < -0.39 is 0 Å². The van der Waals surface area contributed by atoms with Crippen LogP contribution in [0.4, 0.5) is 0 Å². The van der Waals surface area contributed by atoms with Crippen LogP contribution >= 0.6 is 0 Å². The van der Waals surface area contributed by atoms with Gasteiger partial charge < -0.3 is 14.5 Å². The standard InChI is InChI=1S/C14H15NO2/c1-2-14(17-5-1)8-15-7-11-3-4-12-9-16-10-13(12)6-11/h1-6,15H,7-10H2. The van der Waals surface area contributed by atoms with E-state index in [0.29, 0.717) is 0 Å². The van der Waals surface area contributed by atoms with Crippen LogP contribution in [0.2, 0.25) is 0 Å². The first-order valence-electron chi connectivity index (χ1n) is 5.83. The van der Waals surface area contributed by atoms with Gasteiger partial charge in [-0.3, -0.25) is 0 Å². The molecule has 0 atom stereocenters. The average molecular weight is 229 g/mol. The topological polar surface area (TPSA) is 34.4 Å². The van der Waals surface area contributed by atoms with E-state index in [9.17, 15) is 0 Å². The van der Waals surface area contributed by atoms with Crippen molar-refractivity contribution in [3.8, 4) is 0 Å². The highest BCUT2D eigenvalue weighted by Crippen LogP contribution is 2.20. The lowest BCUT2D eigenvalue weighted by Gasteiger charge is -2.05. The zero-order chi connectivity index (χ0) is 11.5. The summed E-state index contributed by atoms with van der Waals surface area (Å²) in [6.45, 7) is 3.13. The van der Waals surface area contributed by atoms with Crippen molar-refractivity contribution in [1.82, 2.24) is 5.32 Å². The lowest BCUT2D eigenvalue weighted by Crippen LogP contribution is -2.12. The quantitative estimate of drug-likeness (QED) is 0.875. The van der Waals surface area contributed by atoms with Crippen LogP contribution in [-0.2, 0) is 31.0 Å². The third-order valence-corrected chi connectivity index (χ3v) is 2.99. The van der Waals surface area contributed by atoms with E-state index in [1.165, 1.54) is 16.7 Å². The van der Waals surface area contributed by atoms with Gasteiger partial charge in [0.15, 0.2) is 0 Å². The normalized spacial score (nSPS) is 13.9. The number of nitrogens with one attached hydrogen (secondary N) is 1. The number of rotatable bonds is 4. The molecular formula is C14H15NO2. The van der Waals surface area contributed by atoms with Crippen LogP contribution in [0, 0.1) is 0 Å². The number of fused-ring (bicyclic) bond motifs is 1. The molecule has 1 aromatic heterocycles. The molecule has 1 aliphatic rings. The molecule has 3 heteroatoms. The van der Waals surface area contributed by atoms with Crippen molar-refractivity contribution in [2.45, 2.75) is 26.3 Å². The first-order chi connectivity index (χ1) is 8.42. The van der Waals surface area contributed by atoms with Gasteiger partial charge in [0.2, 0.25) is 0 Å². The maximum atomic E-state index is 5.40. The van der Waals surface area contributed by atoms with Gasteiger partial charge in [0.05, 0.1) is 26.0 Å². The summed E-state index contributed by atoms with van der Waals surface area (Å²) in [5.41, 5.74) is 3.93. The maximum Gasteiger partial charge on any atom is 0.117 e. The van der Waals surface area contributed by atoms with E-state index in [1.807, 2.05) is 12.1 Å². The predicted molar refractivity (Wildman–Crippen MR) is 64.2 cm³/mol. The molecule has 3 rings (SSSR count). The van der Waals surface area contributed by atoms with Crippen LogP contribution in [0.5, 0.6) is 0 Å². The summed E-state index contributed by atoms with van der Waals surface area (Å²) in [7, 11) is 0. The smallest absolute Gasteiger partial charge is 0.117 e. The Morgan fingerprint density at radius 2 is 2.00 bits per heavy atom. The number of ether oxygens (including phenoxy) is 1. The zero-order valence-electron chi connectivity index (χ0n) is 9.61. The molecule has 1 N–H and O–H groups in total. The summed E-state index contributed by atoms with van der Waals surface area (Å²) >= 11 is 0. The summed E-state index contributed by atoms with van der Waals surface area (Å²) < 4.78 is 10.7. The molecule has 17 heavy (non-hydrogen) atoms. The first kappa shape index (κ1) is 10.6.